The van der Waals surface area contributed by atoms with E-state index in [-0.39, 0.29) is 17.8 Å². The van der Waals surface area contributed by atoms with E-state index in [1.54, 1.807) is 18.1 Å². The quantitative estimate of drug-likeness (QED) is 0.657. The first kappa shape index (κ1) is 19.2. The van der Waals surface area contributed by atoms with Crippen molar-refractivity contribution in [1.82, 2.24) is 25.5 Å². The number of urea groups is 1. The van der Waals surface area contributed by atoms with Crippen molar-refractivity contribution in [3.63, 3.8) is 0 Å². The molecule has 2 aromatic rings. The lowest BCUT2D eigenvalue weighted by Gasteiger charge is -2.35. The number of aryl methyl sites for hydroxylation is 1. The van der Waals surface area contributed by atoms with Crippen molar-refractivity contribution >= 4 is 23.7 Å². The summed E-state index contributed by atoms with van der Waals surface area (Å²) in [5.41, 5.74) is 2.65. The number of carbonyl (C=O) groups excluding carboxylic acids is 2. The Morgan fingerprint density at radius 1 is 1.41 bits per heavy atom. The zero-order chi connectivity index (χ0) is 19.2. The van der Waals surface area contributed by atoms with Gasteiger partial charge in [0.15, 0.2) is 0 Å². The Morgan fingerprint density at radius 2 is 2.19 bits per heavy atom. The molecule has 0 bridgehead atoms. The smallest absolute Gasteiger partial charge is 0.318 e. The largest absolute Gasteiger partial charge is 0.352 e. The first-order chi connectivity index (χ1) is 13.1. The van der Waals surface area contributed by atoms with Crippen molar-refractivity contribution in [3.05, 3.63) is 53.4 Å². The SMILES string of the molecule is Cc1[nH]cnc1CSCCNC(=O)N1CCNC(=O)C1c1ccc(F)cc1. The average molecular weight is 391 g/mol. The molecular weight excluding hydrogens is 369 g/mol. The number of rotatable bonds is 6. The van der Waals surface area contributed by atoms with Crippen LogP contribution in [0.5, 0.6) is 0 Å². The monoisotopic (exact) mass is 391 g/mol. The lowest BCUT2D eigenvalue weighted by Crippen LogP contribution is -2.55. The van der Waals surface area contributed by atoms with Crippen LogP contribution in [0.4, 0.5) is 9.18 Å². The zero-order valence-electron chi connectivity index (χ0n) is 15.0. The molecule has 1 aromatic heterocycles. The van der Waals surface area contributed by atoms with Gasteiger partial charge in [-0.15, -0.1) is 0 Å². The molecule has 7 nitrogen and oxygen atoms in total. The predicted molar refractivity (Wildman–Crippen MR) is 102 cm³/mol. The first-order valence-corrected chi connectivity index (χ1v) is 9.86. The van der Waals surface area contributed by atoms with Crippen molar-refractivity contribution in [2.45, 2.75) is 18.7 Å². The summed E-state index contributed by atoms with van der Waals surface area (Å²) in [6, 6.07) is 4.61. The molecule has 1 aliphatic rings. The molecule has 0 radical (unpaired) electrons. The minimum atomic E-state index is -0.751. The molecule has 3 amide bonds. The third kappa shape index (κ3) is 4.79. The number of imidazole rings is 1. The maximum atomic E-state index is 13.2. The number of aromatic nitrogens is 2. The summed E-state index contributed by atoms with van der Waals surface area (Å²) in [7, 11) is 0. The molecule has 2 heterocycles. The van der Waals surface area contributed by atoms with Gasteiger partial charge in [0.1, 0.15) is 11.9 Å². The summed E-state index contributed by atoms with van der Waals surface area (Å²) in [6.45, 7) is 3.26. The second-order valence-corrected chi connectivity index (χ2v) is 7.30. The molecule has 3 N–H and O–H groups in total. The van der Waals surface area contributed by atoms with E-state index in [4.69, 9.17) is 0 Å². The number of hydrogen-bond donors (Lipinski definition) is 3. The van der Waals surface area contributed by atoms with Crippen molar-refractivity contribution < 1.29 is 14.0 Å². The summed E-state index contributed by atoms with van der Waals surface area (Å²) in [6.07, 6.45) is 1.67. The Hall–Kier alpha value is -2.55. The lowest BCUT2D eigenvalue weighted by atomic mass is 10.0. The highest BCUT2D eigenvalue weighted by atomic mass is 32.2. The van der Waals surface area contributed by atoms with Gasteiger partial charge in [-0.05, 0) is 24.6 Å². The van der Waals surface area contributed by atoms with E-state index in [9.17, 15) is 14.0 Å². The molecule has 0 aliphatic carbocycles. The van der Waals surface area contributed by atoms with E-state index in [2.05, 4.69) is 20.6 Å². The van der Waals surface area contributed by atoms with Gasteiger partial charge < -0.3 is 20.5 Å². The highest BCUT2D eigenvalue weighted by Crippen LogP contribution is 2.23. The number of H-pyrrole nitrogens is 1. The number of aromatic amines is 1. The van der Waals surface area contributed by atoms with Crippen LogP contribution < -0.4 is 10.6 Å². The molecule has 144 valence electrons. The second-order valence-electron chi connectivity index (χ2n) is 6.20. The number of amides is 3. The van der Waals surface area contributed by atoms with Crippen LogP contribution in [0.15, 0.2) is 30.6 Å². The minimum Gasteiger partial charge on any atom is -0.352 e. The fourth-order valence-electron chi connectivity index (χ4n) is 2.90. The van der Waals surface area contributed by atoms with Crippen LogP contribution in [0, 0.1) is 12.7 Å². The molecule has 1 unspecified atom stereocenters. The van der Waals surface area contributed by atoms with Crippen molar-refractivity contribution in [2.24, 2.45) is 0 Å². The lowest BCUT2D eigenvalue weighted by molar-refractivity contribution is -0.127. The molecule has 27 heavy (non-hydrogen) atoms. The summed E-state index contributed by atoms with van der Waals surface area (Å²) in [5.74, 6) is 0.871. The van der Waals surface area contributed by atoms with Gasteiger partial charge in [0, 0.05) is 36.8 Å². The van der Waals surface area contributed by atoms with E-state index < -0.39 is 6.04 Å². The van der Waals surface area contributed by atoms with Crippen LogP contribution in [0.3, 0.4) is 0 Å². The van der Waals surface area contributed by atoms with Crippen LogP contribution in [0.25, 0.3) is 0 Å². The first-order valence-electron chi connectivity index (χ1n) is 8.70. The Morgan fingerprint density at radius 3 is 2.89 bits per heavy atom. The molecule has 1 aliphatic heterocycles. The fraction of sp³-hybridized carbons (Fsp3) is 0.389. The highest BCUT2D eigenvalue weighted by Gasteiger charge is 2.34. The van der Waals surface area contributed by atoms with Gasteiger partial charge in [-0.25, -0.2) is 14.2 Å². The number of nitrogens with zero attached hydrogens (tertiary/aromatic N) is 2. The maximum absolute atomic E-state index is 13.2. The van der Waals surface area contributed by atoms with Crippen molar-refractivity contribution in [2.75, 3.05) is 25.4 Å². The van der Waals surface area contributed by atoms with Crippen molar-refractivity contribution in [1.29, 1.82) is 0 Å². The van der Waals surface area contributed by atoms with E-state index in [1.165, 1.54) is 29.2 Å². The number of benzene rings is 1. The fourth-order valence-corrected chi connectivity index (χ4v) is 3.77. The Labute approximate surface area is 161 Å². The third-order valence-corrected chi connectivity index (χ3v) is 5.32. The Balaban J connectivity index is 1.53. The third-order valence-electron chi connectivity index (χ3n) is 4.35. The molecule has 3 rings (SSSR count). The van der Waals surface area contributed by atoms with Crippen LogP contribution in [-0.2, 0) is 10.5 Å². The number of thioether (sulfide) groups is 1. The topological polar surface area (TPSA) is 90.1 Å². The van der Waals surface area contributed by atoms with Gasteiger partial charge in [-0.3, -0.25) is 4.79 Å². The van der Waals surface area contributed by atoms with Gasteiger partial charge >= 0.3 is 6.03 Å². The number of piperazine rings is 1. The number of carbonyl (C=O) groups is 2. The van der Waals surface area contributed by atoms with Crippen LogP contribution in [-0.4, -0.2) is 52.2 Å². The molecule has 1 fully saturated rings. The Bertz CT molecular complexity index is 795. The summed E-state index contributed by atoms with van der Waals surface area (Å²) < 4.78 is 13.2. The normalized spacial score (nSPS) is 16.9. The zero-order valence-corrected chi connectivity index (χ0v) is 15.8. The van der Waals surface area contributed by atoms with E-state index >= 15 is 0 Å². The summed E-state index contributed by atoms with van der Waals surface area (Å²) >= 11 is 1.68. The van der Waals surface area contributed by atoms with E-state index in [0.29, 0.717) is 25.2 Å². The number of halogens is 1. The standard InChI is InChI=1S/C18H22FN5O2S/c1-12-15(23-11-22-12)10-27-9-7-21-18(26)24-8-6-20-17(25)16(24)13-2-4-14(19)5-3-13/h2-5,11,16H,6-10H2,1H3,(H,20,25)(H,21,26)(H,22,23). The van der Waals surface area contributed by atoms with Crippen LogP contribution >= 0.6 is 11.8 Å². The van der Waals surface area contributed by atoms with Gasteiger partial charge in [0.05, 0.1) is 12.0 Å². The van der Waals surface area contributed by atoms with Gasteiger partial charge in [0.25, 0.3) is 0 Å². The number of nitrogens with one attached hydrogen (secondary N) is 3. The van der Waals surface area contributed by atoms with Gasteiger partial charge in [0.2, 0.25) is 5.91 Å². The molecule has 0 saturated carbocycles. The molecule has 1 aromatic carbocycles. The average Bonchev–Trinajstić information content (AvgIpc) is 3.07. The molecule has 9 heteroatoms. The number of hydrogen-bond acceptors (Lipinski definition) is 4. The molecule has 1 atom stereocenters. The van der Waals surface area contributed by atoms with Crippen molar-refractivity contribution in [3.8, 4) is 0 Å². The molecule has 1 saturated heterocycles. The second kappa shape index (κ2) is 8.90. The van der Waals surface area contributed by atoms with E-state index in [0.717, 1.165) is 22.9 Å². The highest BCUT2D eigenvalue weighted by molar-refractivity contribution is 7.98. The Kier molecular flexibility index (Phi) is 6.33. The van der Waals surface area contributed by atoms with Gasteiger partial charge in [-0.1, -0.05) is 12.1 Å². The maximum Gasteiger partial charge on any atom is 0.318 e. The molecule has 0 spiro atoms. The predicted octanol–water partition coefficient (Wildman–Crippen LogP) is 1.97. The van der Waals surface area contributed by atoms with Crippen LogP contribution in [0.2, 0.25) is 0 Å². The van der Waals surface area contributed by atoms with E-state index in [1.807, 2.05) is 6.92 Å². The molecular formula is C18H22FN5O2S. The summed E-state index contributed by atoms with van der Waals surface area (Å²) in [4.78, 5) is 33.6. The van der Waals surface area contributed by atoms with Crippen LogP contribution in [0.1, 0.15) is 23.0 Å². The minimum absolute atomic E-state index is 0.258. The summed E-state index contributed by atoms with van der Waals surface area (Å²) in [5, 5.41) is 5.62. The van der Waals surface area contributed by atoms with Gasteiger partial charge in [-0.2, -0.15) is 11.8 Å².